The number of hydrogen-bond donors (Lipinski definition) is 0. The molecule has 0 amide bonds. The van der Waals surface area contributed by atoms with Gasteiger partial charge in [0.25, 0.3) is 0 Å². The van der Waals surface area contributed by atoms with E-state index in [2.05, 4.69) is 14.9 Å². The van der Waals surface area contributed by atoms with Crippen LogP contribution in [0, 0.1) is 0 Å². The van der Waals surface area contributed by atoms with E-state index in [0.29, 0.717) is 29.6 Å². The van der Waals surface area contributed by atoms with Crippen LogP contribution >= 0.6 is 11.6 Å². The topological polar surface area (TPSA) is 48.2 Å². The maximum atomic E-state index is 12.0. The Morgan fingerprint density at radius 2 is 1.95 bits per heavy atom. The summed E-state index contributed by atoms with van der Waals surface area (Å²) in [6.07, 6.45) is 1.37. The molecule has 19 heavy (non-hydrogen) atoms. The molecule has 4 nitrogen and oxygen atoms in total. The summed E-state index contributed by atoms with van der Waals surface area (Å²) in [6.45, 7) is -2.84. The van der Waals surface area contributed by atoms with Gasteiger partial charge in [0.05, 0.1) is 0 Å². The van der Waals surface area contributed by atoms with Crippen LogP contribution in [0.15, 0.2) is 28.7 Å². The highest BCUT2D eigenvalue weighted by Crippen LogP contribution is 2.22. The third-order valence-corrected chi connectivity index (χ3v) is 2.58. The van der Waals surface area contributed by atoms with Gasteiger partial charge in [-0.05, 0) is 30.7 Å². The van der Waals surface area contributed by atoms with Gasteiger partial charge in [0.2, 0.25) is 11.8 Å². The van der Waals surface area contributed by atoms with E-state index in [4.69, 9.17) is 16.0 Å². The molecule has 0 N–H and O–H groups in total. The van der Waals surface area contributed by atoms with Crippen LogP contribution in [-0.2, 0) is 6.42 Å². The zero-order valence-corrected chi connectivity index (χ0v) is 10.6. The summed E-state index contributed by atoms with van der Waals surface area (Å²) in [4.78, 5) is 0. The number of rotatable bonds is 6. The molecule has 0 saturated heterocycles. The third-order valence-electron chi connectivity index (χ3n) is 2.32. The Hall–Kier alpha value is -1.69. The molecule has 0 aliphatic heterocycles. The number of ether oxygens (including phenoxy) is 1. The maximum Gasteiger partial charge on any atom is 0.387 e. The highest BCUT2D eigenvalue weighted by Gasteiger charge is 2.09. The Kier molecular flexibility index (Phi) is 4.68. The Balaban J connectivity index is 2.07. The van der Waals surface area contributed by atoms with Gasteiger partial charge in [-0.25, -0.2) is 0 Å². The second-order valence-corrected chi connectivity index (χ2v) is 4.07. The molecule has 1 aromatic heterocycles. The minimum atomic E-state index is -2.84. The summed E-state index contributed by atoms with van der Waals surface area (Å²) < 4.78 is 33.7. The van der Waals surface area contributed by atoms with Crippen molar-refractivity contribution in [3.8, 4) is 17.2 Å². The lowest BCUT2D eigenvalue weighted by molar-refractivity contribution is -0.0498. The predicted octanol–water partition coefficient (Wildman–Crippen LogP) is 3.51. The third kappa shape index (κ3) is 3.89. The van der Waals surface area contributed by atoms with Crippen LogP contribution < -0.4 is 4.74 Å². The lowest BCUT2D eigenvalue weighted by Gasteiger charge is -2.03. The molecule has 2 rings (SSSR count). The van der Waals surface area contributed by atoms with E-state index in [9.17, 15) is 8.78 Å². The standard InChI is InChI=1S/C12H11ClF2N2O2/c13-7-1-2-10-16-17-11(19-10)8-3-5-9(6-4-8)18-12(14)15/h3-6,12H,1-2,7H2. The first-order valence-electron chi connectivity index (χ1n) is 5.62. The highest BCUT2D eigenvalue weighted by molar-refractivity contribution is 6.17. The zero-order chi connectivity index (χ0) is 13.7. The van der Waals surface area contributed by atoms with Crippen molar-refractivity contribution in [3.05, 3.63) is 30.2 Å². The van der Waals surface area contributed by atoms with Crippen molar-refractivity contribution < 1.29 is 17.9 Å². The summed E-state index contributed by atoms with van der Waals surface area (Å²) in [5.74, 6) is 1.45. The number of aromatic nitrogens is 2. The number of benzene rings is 1. The fourth-order valence-corrected chi connectivity index (χ4v) is 1.60. The minimum Gasteiger partial charge on any atom is -0.435 e. The lowest BCUT2D eigenvalue weighted by Crippen LogP contribution is -2.01. The first-order chi connectivity index (χ1) is 9.19. The summed E-state index contributed by atoms with van der Waals surface area (Å²) in [5.41, 5.74) is 0.645. The van der Waals surface area contributed by atoms with Gasteiger partial charge in [0.1, 0.15) is 5.75 Å². The predicted molar refractivity (Wildman–Crippen MR) is 65.4 cm³/mol. The highest BCUT2D eigenvalue weighted by atomic mass is 35.5. The normalized spacial score (nSPS) is 10.9. The first kappa shape index (κ1) is 13.7. The quantitative estimate of drug-likeness (QED) is 0.763. The molecule has 0 aliphatic rings. The molecule has 0 bridgehead atoms. The molecule has 2 aromatic rings. The number of hydrogen-bond acceptors (Lipinski definition) is 4. The van der Waals surface area contributed by atoms with E-state index >= 15 is 0 Å². The molecule has 0 fully saturated rings. The fraction of sp³-hybridized carbons (Fsp3) is 0.333. The summed E-state index contributed by atoms with van der Waals surface area (Å²) in [5, 5.41) is 7.76. The molecular formula is C12H11ClF2N2O2. The van der Waals surface area contributed by atoms with E-state index in [-0.39, 0.29) is 5.75 Å². The maximum absolute atomic E-state index is 12.0. The van der Waals surface area contributed by atoms with Crippen LogP contribution in [0.3, 0.4) is 0 Å². The molecular weight excluding hydrogens is 278 g/mol. The van der Waals surface area contributed by atoms with E-state index in [1.165, 1.54) is 12.1 Å². The van der Waals surface area contributed by atoms with E-state index in [0.717, 1.165) is 6.42 Å². The van der Waals surface area contributed by atoms with Crippen LogP contribution in [0.4, 0.5) is 8.78 Å². The molecule has 1 aromatic carbocycles. The van der Waals surface area contributed by atoms with Gasteiger partial charge in [-0.1, -0.05) is 0 Å². The lowest BCUT2D eigenvalue weighted by atomic mass is 10.2. The number of aryl methyl sites for hydroxylation is 1. The monoisotopic (exact) mass is 288 g/mol. The second-order valence-electron chi connectivity index (χ2n) is 3.70. The Morgan fingerprint density at radius 1 is 1.21 bits per heavy atom. The minimum absolute atomic E-state index is 0.0839. The fourth-order valence-electron chi connectivity index (χ4n) is 1.47. The molecule has 0 saturated carbocycles. The SMILES string of the molecule is FC(F)Oc1ccc(-c2nnc(CCCCl)o2)cc1. The first-order valence-corrected chi connectivity index (χ1v) is 6.16. The van der Waals surface area contributed by atoms with Crippen molar-refractivity contribution >= 4 is 11.6 Å². The molecule has 7 heteroatoms. The van der Waals surface area contributed by atoms with Gasteiger partial charge in [-0.3, -0.25) is 0 Å². The average molecular weight is 289 g/mol. The molecule has 0 atom stereocenters. The van der Waals surface area contributed by atoms with Crippen molar-refractivity contribution in [2.45, 2.75) is 19.5 Å². The van der Waals surface area contributed by atoms with E-state index in [1.54, 1.807) is 12.1 Å². The van der Waals surface area contributed by atoms with Crippen LogP contribution in [0.2, 0.25) is 0 Å². The van der Waals surface area contributed by atoms with Crippen molar-refractivity contribution in [2.75, 3.05) is 5.88 Å². The van der Waals surface area contributed by atoms with Gasteiger partial charge in [0.15, 0.2) is 0 Å². The zero-order valence-electron chi connectivity index (χ0n) is 9.85. The van der Waals surface area contributed by atoms with Gasteiger partial charge in [0, 0.05) is 17.9 Å². The average Bonchev–Trinajstić information content (AvgIpc) is 2.85. The van der Waals surface area contributed by atoms with E-state index in [1.807, 2.05) is 0 Å². The Bertz CT molecular complexity index is 517. The molecule has 0 unspecified atom stereocenters. The summed E-state index contributed by atoms with van der Waals surface area (Å²) in [7, 11) is 0. The van der Waals surface area contributed by atoms with Crippen molar-refractivity contribution in [1.82, 2.24) is 10.2 Å². The van der Waals surface area contributed by atoms with Gasteiger partial charge in [-0.2, -0.15) is 8.78 Å². The van der Waals surface area contributed by atoms with Gasteiger partial charge < -0.3 is 9.15 Å². The molecule has 0 spiro atoms. The summed E-state index contributed by atoms with van der Waals surface area (Å²) >= 11 is 5.57. The van der Waals surface area contributed by atoms with Crippen LogP contribution in [-0.4, -0.2) is 22.7 Å². The van der Waals surface area contributed by atoms with Crippen LogP contribution in [0.1, 0.15) is 12.3 Å². The molecule has 0 aliphatic carbocycles. The van der Waals surface area contributed by atoms with Crippen LogP contribution in [0.25, 0.3) is 11.5 Å². The van der Waals surface area contributed by atoms with Gasteiger partial charge in [-0.15, -0.1) is 21.8 Å². The Labute approximate surface area is 113 Å². The van der Waals surface area contributed by atoms with E-state index < -0.39 is 6.61 Å². The number of nitrogens with zero attached hydrogens (tertiary/aromatic N) is 2. The van der Waals surface area contributed by atoms with Crippen molar-refractivity contribution in [1.29, 1.82) is 0 Å². The molecule has 102 valence electrons. The number of alkyl halides is 3. The largest absolute Gasteiger partial charge is 0.435 e. The van der Waals surface area contributed by atoms with Gasteiger partial charge >= 0.3 is 6.61 Å². The van der Waals surface area contributed by atoms with Crippen LogP contribution in [0.5, 0.6) is 5.75 Å². The molecule has 0 radical (unpaired) electrons. The smallest absolute Gasteiger partial charge is 0.387 e. The second kappa shape index (κ2) is 6.47. The number of halogens is 3. The van der Waals surface area contributed by atoms with Crippen molar-refractivity contribution in [2.24, 2.45) is 0 Å². The van der Waals surface area contributed by atoms with Crippen molar-refractivity contribution in [3.63, 3.8) is 0 Å². The summed E-state index contributed by atoms with van der Waals surface area (Å²) in [6, 6.07) is 6.00. The Morgan fingerprint density at radius 3 is 2.58 bits per heavy atom. The molecule has 1 heterocycles.